The molecule has 23 heavy (non-hydrogen) atoms. The normalized spacial score (nSPS) is 14.7. The Hall–Kier alpha value is -2.14. The summed E-state index contributed by atoms with van der Waals surface area (Å²) in [4.78, 5) is 20.5. The average molecular weight is 331 g/mol. The summed E-state index contributed by atoms with van der Waals surface area (Å²) in [5.74, 6) is 0.417. The molecule has 0 saturated heterocycles. The van der Waals surface area contributed by atoms with E-state index < -0.39 is 0 Å². The van der Waals surface area contributed by atoms with E-state index in [0.29, 0.717) is 16.5 Å². The van der Waals surface area contributed by atoms with Gasteiger partial charge in [-0.2, -0.15) is 0 Å². The van der Waals surface area contributed by atoms with Gasteiger partial charge in [-0.15, -0.1) is 0 Å². The molecule has 2 N–H and O–H groups in total. The second-order valence-electron chi connectivity index (χ2n) is 5.83. The van der Waals surface area contributed by atoms with E-state index in [2.05, 4.69) is 20.6 Å². The summed E-state index contributed by atoms with van der Waals surface area (Å²) in [6, 6.07) is 7.60. The van der Waals surface area contributed by atoms with Gasteiger partial charge in [0.1, 0.15) is 17.8 Å². The Labute approximate surface area is 140 Å². The van der Waals surface area contributed by atoms with Crippen LogP contribution in [-0.2, 0) is 0 Å². The van der Waals surface area contributed by atoms with Gasteiger partial charge in [0, 0.05) is 22.8 Å². The van der Waals surface area contributed by atoms with Crippen LogP contribution >= 0.6 is 11.6 Å². The molecular formula is C17H19ClN4O. The van der Waals surface area contributed by atoms with Crippen LogP contribution in [0.3, 0.4) is 0 Å². The van der Waals surface area contributed by atoms with Gasteiger partial charge in [0.2, 0.25) is 0 Å². The van der Waals surface area contributed by atoms with Gasteiger partial charge in [0.25, 0.3) is 5.91 Å². The maximum Gasteiger partial charge on any atom is 0.270 e. The predicted octanol–water partition coefficient (Wildman–Crippen LogP) is 3.85. The summed E-state index contributed by atoms with van der Waals surface area (Å²) >= 11 is 6.12. The molecule has 2 aromatic rings. The number of aromatic nitrogens is 2. The molecule has 6 heteroatoms. The van der Waals surface area contributed by atoms with E-state index in [0.717, 1.165) is 24.1 Å². The molecular weight excluding hydrogens is 312 g/mol. The third-order valence-corrected chi connectivity index (χ3v) is 4.44. The van der Waals surface area contributed by atoms with E-state index in [1.54, 1.807) is 6.07 Å². The fourth-order valence-corrected chi connectivity index (χ4v) is 2.88. The van der Waals surface area contributed by atoms with Crippen molar-refractivity contribution in [2.24, 2.45) is 0 Å². The first-order valence-corrected chi connectivity index (χ1v) is 8.16. The van der Waals surface area contributed by atoms with Gasteiger partial charge < -0.3 is 10.6 Å². The van der Waals surface area contributed by atoms with Gasteiger partial charge in [-0.25, -0.2) is 9.97 Å². The lowest BCUT2D eigenvalue weighted by atomic mass is 10.2. The summed E-state index contributed by atoms with van der Waals surface area (Å²) in [5, 5.41) is 6.85. The number of benzene rings is 1. The molecule has 1 aromatic heterocycles. The number of rotatable bonds is 4. The van der Waals surface area contributed by atoms with E-state index >= 15 is 0 Å². The highest BCUT2D eigenvalue weighted by atomic mass is 35.5. The smallest absolute Gasteiger partial charge is 0.270 e. The van der Waals surface area contributed by atoms with Crippen molar-refractivity contribution in [2.75, 3.05) is 5.32 Å². The maximum atomic E-state index is 12.3. The lowest BCUT2D eigenvalue weighted by Gasteiger charge is -2.12. The first-order chi connectivity index (χ1) is 11.1. The highest BCUT2D eigenvalue weighted by Crippen LogP contribution is 2.22. The molecule has 1 aliphatic carbocycles. The minimum absolute atomic E-state index is 0.149. The molecule has 1 fully saturated rings. The Morgan fingerprint density at radius 3 is 2.74 bits per heavy atom. The molecule has 0 bridgehead atoms. The number of hydrogen-bond acceptors (Lipinski definition) is 4. The van der Waals surface area contributed by atoms with Crippen LogP contribution in [0.2, 0.25) is 5.02 Å². The molecule has 1 aromatic carbocycles. The number of aryl methyl sites for hydroxylation is 1. The Morgan fingerprint density at radius 1 is 1.22 bits per heavy atom. The highest BCUT2D eigenvalue weighted by Gasteiger charge is 2.18. The van der Waals surface area contributed by atoms with Gasteiger partial charge in [-0.05, 0) is 37.5 Å². The Balaban J connectivity index is 1.71. The molecule has 1 aliphatic rings. The largest absolute Gasteiger partial charge is 0.348 e. The van der Waals surface area contributed by atoms with Crippen LogP contribution in [0, 0.1) is 6.92 Å². The summed E-state index contributed by atoms with van der Waals surface area (Å²) in [7, 11) is 0. The SMILES string of the molecule is Cc1ccc(Nc2cc(C(=O)NC3CCCC3)ncn2)cc1Cl. The Morgan fingerprint density at radius 2 is 2.00 bits per heavy atom. The van der Waals surface area contributed by atoms with Gasteiger partial charge in [0.15, 0.2) is 0 Å². The number of nitrogens with zero attached hydrogens (tertiary/aromatic N) is 2. The fraction of sp³-hybridized carbons (Fsp3) is 0.353. The van der Waals surface area contributed by atoms with Crippen molar-refractivity contribution < 1.29 is 4.79 Å². The predicted molar refractivity (Wildman–Crippen MR) is 91.2 cm³/mol. The van der Waals surface area contributed by atoms with Crippen LogP contribution < -0.4 is 10.6 Å². The number of amides is 1. The molecule has 0 aliphatic heterocycles. The minimum atomic E-state index is -0.149. The lowest BCUT2D eigenvalue weighted by molar-refractivity contribution is 0.0932. The lowest BCUT2D eigenvalue weighted by Crippen LogP contribution is -2.33. The van der Waals surface area contributed by atoms with Crippen molar-refractivity contribution in [2.45, 2.75) is 38.6 Å². The monoisotopic (exact) mass is 330 g/mol. The maximum absolute atomic E-state index is 12.3. The van der Waals surface area contributed by atoms with E-state index in [1.807, 2.05) is 25.1 Å². The molecule has 120 valence electrons. The van der Waals surface area contributed by atoms with Crippen molar-refractivity contribution in [3.8, 4) is 0 Å². The number of halogens is 1. The average Bonchev–Trinajstić information content (AvgIpc) is 3.04. The molecule has 5 nitrogen and oxygen atoms in total. The third-order valence-electron chi connectivity index (χ3n) is 4.03. The molecule has 1 amide bonds. The van der Waals surface area contributed by atoms with E-state index in [4.69, 9.17) is 11.6 Å². The van der Waals surface area contributed by atoms with Crippen LogP contribution in [0.25, 0.3) is 0 Å². The number of anilines is 2. The molecule has 1 heterocycles. The summed E-state index contributed by atoms with van der Waals surface area (Å²) < 4.78 is 0. The van der Waals surface area contributed by atoms with Crippen LogP contribution in [0.5, 0.6) is 0 Å². The number of hydrogen-bond donors (Lipinski definition) is 2. The van der Waals surface area contributed by atoms with Crippen LogP contribution in [0.15, 0.2) is 30.6 Å². The molecule has 0 spiro atoms. The third kappa shape index (κ3) is 3.99. The van der Waals surface area contributed by atoms with Crippen LogP contribution in [0.4, 0.5) is 11.5 Å². The van der Waals surface area contributed by atoms with Crippen LogP contribution in [-0.4, -0.2) is 21.9 Å². The topological polar surface area (TPSA) is 66.9 Å². The molecule has 3 rings (SSSR count). The molecule has 0 radical (unpaired) electrons. The van der Waals surface area contributed by atoms with E-state index in [9.17, 15) is 4.79 Å². The number of nitrogens with one attached hydrogen (secondary N) is 2. The first kappa shape index (κ1) is 15.7. The second kappa shape index (κ2) is 6.96. The summed E-state index contributed by atoms with van der Waals surface area (Å²) in [6.45, 7) is 1.95. The van der Waals surface area contributed by atoms with Gasteiger partial charge in [0.05, 0.1) is 0 Å². The standard InChI is InChI=1S/C17H19ClN4O/c1-11-6-7-13(8-14(11)18)21-16-9-15(19-10-20-16)17(23)22-12-4-2-3-5-12/h6-10,12H,2-5H2,1H3,(H,22,23)(H,19,20,21). The van der Waals surface area contributed by atoms with Crippen molar-refractivity contribution >= 4 is 29.0 Å². The first-order valence-electron chi connectivity index (χ1n) is 7.78. The highest BCUT2D eigenvalue weighted by molar-refractivity contribution is 6.31. The second-order valence-corrected chi connectivity index (χ2v) is 6.24. The quantitative estimate of drug-likeness (QED) is 0.893. The molecule has 0 atom stereocenters. The molecule has 0 unspecified atom stereocenters. The number of carbonyl (C=O) groups is 1. The van der Waals surface area contributed by atoms with Gasteiger partial charge >= 0.3 is 0 Å². The van der Waals surface area contributed by atoms with Crippen LogP contribution in [0.1, 0.15) is 41.7 Å². The van der Waals surface area contributed by atoms with Crippen molar-refractivity contribution in [1.29, 1.82) is 0 Å². The number of carbonyl (C=O) groups excluding carboxylic acids is 1. The Kier molecular flexibility index (Phi) is 4.76. The van der Waals surface area contributed by atoms with Gasteiger partial charge in [-0.3, -0.25) is 4.79 Å². The van der Waals surface area contributed by atoms with E-state index in [-0.39, 0.29) is 11.9 Å². The van der Waals surface area contributed by atoms with Crippen molar-refractivity contribution in [1.82, 2.24) is 15.3 Å². The molecule has 1 saturated carbocycles. The zero-order chi connectivity index (χ0) is 16.2. The zero-order valence-electron chi connectivity index (χ0n) is 13.0. The zero-order valence-corrected chi connectivity index (χ0v) is 13.7. The van der Waals surface area contributed by atoms with Crippen molar-refractivity contribution in [3.63, 3.8) is 0 Å². The van der Waals surface area contributed by atoms with Crippen molar-refractivity contribution in [3.05, 3.63) is 46.9 Å². The summed E-state index contributed by atoms with van der Waals surface area (Å²) in [6.07, 6.45) is 5.83. The minimum Gasteiger partial charge on any atom is -0.348 e. The van der Waals surface area contributed by atoms with E-state index in [1.165, 1.54) is 19.2 Å². The van der Waals surface area contributed by atoms with Gasteiger partial charge in [-0.1, -0.05) is 30.5 Å². The fourth-order valence-electron chi connectivity index (χ4n) is 2.70. The Bertz CT molecular complexity index is 713. The summed E-state index contributed by atoms with van der Waals surface area (Å²) in [5.41, 5.74) is 2.20.